The number of nitrogens with zero attached hydrogens (tertiary/aromatic N) is 6. The van der Waals surface area contributed by atoms with E-state index in [1.54, 1.807) is 0 Å². The van der Waals surface area contributed by atoms with E-state index < -0.39 is 54.6 Å². The smallest absolute Gasteiger partial charge is 0.385 e. The van der Waals surface area contributed by atoms with Crippen molar-refractivity contribution in [2.45, 2.75) is 44.6 Å². The standard InChI is InChI=1S/C23H18Cl2F6N6O3/c1-11(38)19-32-18(33-37(19)16-7-6-14(25)8-15(16)22(26,27)28)10-36-21(40)35(9-17(39)23(29,30)31)20(34-36)12-2-4-13(24)5-3-12/h2-8,11,17,38-39H,9-10H2,1H3. The first-order chi connectivity index (χ1) is 18.6. The molecule has 2 heterocycles. The second kappa shape index (κ2) is 10.9. The number of hydrogen-bond donors (Lipinski definition) is 2. The van der Waals surface area contributed by atoms with Gasteiger partial charge in [0.2, 0.25) is 0 Å². The molecule has 2 aromatic carbocycles. The van der Waals surface area contributed by atoms with Crippen LogP contribution < -0.4 is 5.69 Å². The van der Waals surface area contributed by atoms with Gasteiger partial charge in [0.05, 0.1) is 17.8 Å². The summed E-state index contributed by atoms with van der Waals surface area (Å²) in [5.74, 6) is -0.859. The molecule has 4 aromatic rings. The molecule has 2 N–H and O–H groups in total. The molecule has 0 fully saturated rings. The number of alkyl halides is 6. The van der Waals surface area contributed by atoms with Crippen LogP contribution in [0.4, 0.5) is 26.3 Å². The number of aliphatic hydroxyl groups excluding tert-OH is 2. The Morgan fingerprint density at radius 3 is 2.15 bits per heavy atom. The molecule has 0 saturated carbocycles. The molecule has 0 aliphatic rings. The van der Waals surface area contributed by atoms with Gasteiger partial charge in [-0.2, -0.15) is 26.3 Å². The van der Waals surface area contributed by atoms with Crippen molar-refractivity contribution in [2.75, 3.05) is 0 Å². The summed E-state index contributed by atoms with van der Waals surface area (Å²) in [6.07, 6.45) is -14.2. The van der Waals surface area contributed by atoms with E-state index in [2.05, 4.69) is 15.2 Å². The molecule has 0 saturated heterocycles. The molecule has 17 heteroatoms. The normalized spacial score (nSPS) is 14.0. The monoisotopic (exact) mass is 610 g/mol. The minimum atomic E-state index is -5.04. The third-order valence-electron chi connectivity index (χ3n) is 5.59. The SMILES string of the molecule is CC(O)c1nc(Cn2nc(-c3ccc(Cl)cc3)n(CC(O)C(F)(F)F)c2=O)nn1-c1ccc(Cl)cc1C(F)(F)F. The molecule has 0 amide bonds. The summed E-state index contributed by atoms with van der Waals surface area (Å²) in [6, 6.07) is 8.47. The van der Waals surface area contributed by atoms with Crippen LogP contribution in [0.5, 0.6) is 0 Å². The van der Waals surface area contributed by atoms with Gasteiger partial charge in [-0.05, 0) is 49.4 Å². The van der Waals surface area contributed by atoms with Gasteiger partial charge in [-0.1, -0.05) is 23.2 Å². The average molecular weight is 611 g/mol. The molecule has 2 aromatic heterocycles. The molecule has 4 rings (SSSR count). The van der Waals surface area contributed by atoms with Gasteiger partial charge in [0, 0.05) is 15.6 Å². The summed E-state index contributed by atoms with van der Waals surface area (Å²) in [7, 11) is 0. The van der Waals surface area contributed by atoms with E-state index in [0.717, 1.165) is 10.7 Å². The number of aromatic nitrogens is 6. The molecule has 0 aliphatic carbocycles. The van der Waals surface area contributed by atoms with E-state index in [1.165, 1.54) is 37.3 Å². The van der Waals surface area contributed by atoms with Crippen molar-refractivity contribution in [3.05, 3.63) is 80.2 Å². The Kier molecular flexibility index (Phi) is 8.04. The molecular formula is C23H18Cl2F6N6O3. The zero-order valence-corrected chi connectivity index (χ0v) is 21.6. The van der Waals surface area contributed by atoms with E-state index in [4.69, 9.17) is 23.2 Å². The Hall–Kier alpha value is -3.40. The summed E-state index contributed by atoms with van der Waals surface area (Å²) in [6.45, 7) is -0.567. The van der Waals surface area contributed by atoms with E-state index in [-0.39, 0.29) is 28.1 Å². The van der Waals surface area contributed by atoms with Gasteiger partial charge in [-0.3, -0.25) is 4.57 Å². The highest BCUT2D eigenvalue weighted by Crippen LogP contribution is 2.36. The summed E-state index contributed by atoms with van der Waals surface area (Å²) in [5, 5.41) is 28.0. The highest BCUT2D eigenvalue weighted by molar-refractivity contribution is 6.31. The van der Waals surface area contributed by atoms with Crippen molar-refractivity contribution in [1.29, 1.82) is 0 Å². The van der Waals surface area contributed by atoms with Crippen molar-refractivity contribution in [3.8, 4) is 17.1 Å². The number of benzene rings is 2. The Morgan fingerprint density at radius 2 is 1.57 bits per heavy atom. The van der Waals surface area contributed by atoms with Gasteiger partial charge in [-0.25, -0.2) is 19.1 Å². The lowest BCUT2D eigenvalue weighted by Crippen LogP contribution is -2.37. The average Bonchev–Trinajstić information content (AvgIpc) is 3.40. The fraction of sp³-hybridized carbons (Fsp3) is 0.304. The van der Waals surface area contributed by atoms with Gasteiger partial charge in [0.15, 0.2) is 23.6 Å². The van der Waals surface area contributed by atoms with E-state index in [1.807, 2.05) is 0 Å². The van der Waals surface area contributed by atoms with Crippen LogP contribution in [-0.4, -0.2) is 51.6 Å². The van der Waals surface area contributed by atoms with Crippen LogP contribution in [0.2, 0.25) is 10.0 Å². The predicted octanol–water partition coefficient (Wildman–Crippen LogP) is 4.64. The quantitative estimate of drug-likeness (QED) is 0.295. The Morgan fingerprint density at radius 1 is 0.950 bits per heavy atom. The maximum absolute atomic E-state index is 13.7. The second-order valence-electron chi connectivity index (χ2n) is 8.57. The molecule has 0 bridgehead atoms. The maximum Gasteiger partial charge on any atom is 0.418 e. The van der Waals surface area contributed by atoms with Crippen LogP contribution in [0.25, 0.3) is 17.1 Å². The predicted molar refractivity (Wildman–Crippen MR) is 130 cm³/mol. The highest BCUT2D eigenvalue weighted by Gasteiger charge is 2.39. The topological polar surface area (TPSA) is 111 Å². The van der Waals surface area contributed by atoms with Gasteiger partial charge in [0.25, 0.3) is 0 Å². The summed E-state index contributed by atoms with van der Waals surface area (Å²) in [4.78, 5) is 17.1. The number of aliphatic hydroxyl groups is 2. The molecule has 0 aliphatic heterocycles. The number of rotatable bonds is 7. The van der Waals surface area contributed by atoms with Gasteiger partial charge in [-0.15, -0.1) is 10.2 Å². The fourth-order valence-electron chi connectivity index (χ4n) is 3.73. The van der Waals surface area contributed by atoms with Crippen LogP contribution in [0.3, 0.4) is 0 Å². The third kappa shape index (κ3) is 6.16. The van der Waals surface area contributed by atoms with E-state index in [0.29, 0.717) is 20.3 Å². The Labute approximate surface area is 230 Å². The zero-order chi connectivity index (χ0) is 29.6. The lowest BCUT2D eigenvalue weighted by atomic mass is 10.1. The van der Waals surface area contributed by atoms with Crippen LogP contribution in [0.1, 0.15) is 30.2 Å². The van der Waals surface area contributed by atoms with E-state index >= 15 is 0 Å². The first-order valence-corrected chi connectivity index (χ1v) is 12.0. The number of halogens is 8. The molecule has 40 heavy (non-hydrogen) atoms. The molecule has 0 radical (unpaired) electrons. The fourth-order valence-corrected chi connectivity index (χ4v) is 4.03. The van der Waals surface area contributed by atoms with Crippen molar-refractivity contribution in [1.82, 2.24) is 29.1 Å². The molecule has 214 valence electrons. The Balaban J connectivity index is 1.81. The van der Waals surface area contributed by atoms with Crippen molar-refractivity contribution in [2.24, 2.45) is 0 Å². The summed E-state index contributed by atoms with van der Waals surface area (Å²) >= 11 is 11.6. The Bertz CT molecular complexity index is 1580. The minimum absolute atomic E-state index is 0.189. The van der Waals surface area contributed by atoms with Gasteiger partial charge < -0.3 is 10.2 Å². The van der Waals surface area contributed by atoms with Crippen LogP contribution >= 0.6 is 23.2 Å². The summed E-state index contributed by atoms with van der Waals surface area (Å²) in [5.41, 5.74) is -2.59. The lowest BCUT2D eigenvalue weighted by Gasteiger charge is -2.15. The largest absolute Gasteiger partial charge is 0.418 e. The van der Waals surface area contributed by atoms with Crippen LogP contribution in [-0.2, 0) is 19.3 Å². The van der Waals surface area contributed by atoms with E-state index in [9.17, 15) is 41.4 Å². The van der Waals surface area contributed by atoms with Gasteiger partial charge in [0.1, 0.15) is 12.6 Å². The zero-order valence-electron chi connectivity index (χ0n) is 20.1. The lowest BCUT2D eigenvalue weighted by molar-refractivity contribution is -0.207. The first kappa shape index (κ1) is 29.6. The second-order valence-corrected chi connectivity index (χ2v) is 9.44. The third-order valence-corrected chi connectivity index (χ3v) is 6.08. The number of hydrogen-bond acceptors (Lipinski definition) is 6. The van der Waals surface area contributed by atoms with Gasteiger partial charge >= 0.3 is 18.0 Å². The minimum Gasteiger partial charge on any atom is -0.385 e. The molecule has 2 unspecified atom stereocenters. The van der Waals surface area contributed by atoms with Crippen molar-refractivity contribution < 1.29 is 36.6 Å². The molecule has 0 spiro atoms. The molecule has 2 atom stereocenters. The molecular weight excluding hydrogens is 593 g/mol. The highest BCUT2D eigenvalue weighted by atomic mass is 35.5. The van der Waals surface area contributed by atoms with Crippen LogP contribution in [0.15, 0.2) is 47.3 Å². The molecule has 9 nitrogen and oxygen atoms in total. The van der Waals surface area contributed by atoms with Crippen LogP contribution in [0, 0.1) is 0 Å². The maximum atomic E-state index is 13.7. The summed E-state index contributed by atoms with van der Waals surface area (Å²) < 4.78 is 82.4. The first-order valence-electron chi connectivity index (χ1n) is 11.3. The van der Waals surface area contributed by atoms with Crippen molar-refractivity contribution in [3.63, 3.8) is 0 Å². The van der Waals surface area contributed by atoms with Crippen molar-refractivity contribution >= 4 is 23.2 Å².